The third kappa shape index (κ3) is 7.84. The van der Waals surface area contributed by atoms with Crippen LogP contribution in [0.3, 0.4) is 0 Å². The van der Waals surface area contributed by atoms with Crippen LogP contribution in [0.5, 0.6) is 5.75 Å². The lowest BCUT2D eigenvalue weighted by atomic mass is 10.0. The average molecular weight is 727 g/mol. The van der Waals surface area contributed by atoms with Crippen molar-refractivity contribution < 1.29 is 36.5 Å². The van der Waals surface area contributed by atoms with Crippen LogP contribution in [-0.2, 0) is 33.7 Å². The van der Waals surface area contributed by atoms with Crippen molar-refractivity contribution in [2.75, 3.05) is 49.5 Å². The minimum absolute atomic E-state index is 0.0467. The number of rotatable bonds is 10. The number of hydrogen-bond acceptors (Lipinski definition) is 10. The molecule has 2 atom stereocenters. The van der Waals surface area contributed by atoms with E-state index < -0.39 is 41.3 Å². The van der Waals surface area contributed by atoms with Gasteiger partial charge in [0, 0.05) is 70.4 Å². The number of carbonyl (C=O) groups is 3. The summed E-state index contributed by atoms with van der Waals surface area (Å²) in [4.78, 5) is 51.5. The molecule has 4 aliphatic rings. The number of halogens is 3. The van der Waals surface area contributed by atoms with Gasteiger partial charge in [-0.2, -0.15) is 8.78 Å². The maximum absolute atomic E-state index is 15.4. The molecule has 0 aliphatic carbocycles. The number of fused-ring (bicyclic) bond motifs is 1. The monoisotopic (exact) mass is 726 g/mol. The highest BCUT2D eigenvalue weighted by Gasteiger charge is 2.40. The summed E-state index contributed by atoms with van der Waals surface area (Å²) in [6.45, 7) is 1.58. The number of nitrogens with one attached hydrogen (secondary N) is 2. The van der Waals surface area contributed by atoms with Crippen LogP contribution in [0.15, 0.2) is 53.7 Å². The van der Waals surface area contributed by atoms with E-state index in [4.69, 9.17) is 0 Å². The van der Waals surface area contributed by atoms with Crippen molar-refractivity contribution in [2.24, 2.45) is 0 Å². The van der Waals surface area contributed by atoms with Gasteiger partial charge in [-0.1, -0.05) is 12.1 Å². The van der Waals surface area contributed by atoms with Crippen LogP contribution < -0.4 is 20.3 Å². The number of alkyl halides is 2. The second-order valence-electron chi connectivity index (χ2n) is 13.0. The summed E-state index contributed by atoms with van der Waals surface area (Å²) in [6.07, 6.45) is 4.19. The summed E-state index contributed by atoms with van der Waals surface area (Å²) in [7, 11) is -1.35. The Bertz CT molecular complexity index is 1820. The maximum atomic E-state index is 15.4. The fourth-order valence-electron chi connectivity index (χ4n) is 7.03. The normalized spacial score (nSPS) is 21.2. The van der Waals surface area contributed by atoms with E-state index in [1.807, 2.05) is 33.5 Å². The lowest BCUT2D eigenvalue weighted by Gasteiger charge is -2.36. The van der Waals surface area contributed by atoms with Crippen molar-refractivity contribution in [2.45, 2.75) is 62.4 Å². The van der Waals surface area contributed by atoms with E-state index in [2.05, 4.69) is 30.2 Å². The van der Waals surface area contributed by atoms with Crippen LogP contribution in [0.2, 0.25) is 0 Å². The van der Waals surface area contributed by atoms with Gasteiger partial charge in [0.25, 0.3) is 5.91 Å². The fourth-order valence-corrected chi connectivity index (χ4v) is 8.32. The van der Waals surface area contributed by atoms with E-state index in [1.54, 1.807) is 6.07 Å². The topological polar surface area (TPSA) is 140 Å². The van der Waals surface area contributed by atoms with Crippen LogP contribution in [0.4, 0.5) is 24.8 Å². The number of benzene rings is 2. The number of imide groups is 1. The van der Waals surface area contributed by atoms with E-state index in [1.165, 1.54) is 23.4 Å². The lowest BCUT2D eigenvalue weighted by molar-refractivity contribution is -0.136. The third-order valence-electron chi connectivity index (χ3n) is 9.69. The Morgan fingerprint density at radius 1 is 0.980 bits per heavy atom. The van der Waals surface area contributed by atoms with E-state index in [0.717, 1.165) is 10.5 Å². The van der Waals surface area contributed by atoms with Gasteiger partial charge in [0.2, 0.25) is 17.8 Å². The number of piperazine rings is 1. The molecule has 3 aromatic rings. The molecule has 0 spiro atoms. The molecule has 7 rings (SSSR count). The van der Waals surface area contributed by atoms with E-state index in [9.17, 15) is 27.4 Å². The van der Waals surface area contributed by atoms with Crippen LogP contribution in [0, 0.1) is 5.82 Å². The Kier molecular flexibility index (Phi) is 10.2. The molecule has 0 radical (unpaired) electrons. The van der Waals surface area contributed by atoms with Gasteiger partial charge in [-0.25, -0.2) is 22.9 Å². The molecule has 1 aromatic heterocycles. The molecule has 2 aromatic carbocycles. The van der Waals surface area contributed by atoms with Gasteiger partial charge in [0.15, 0.2) is 5.75 Å². The summed E-state index contributed by atoms with van der Waals surface area (Å²) in [5, 5.41) is 5.49. The third-order valence-corrected chi connectivity index (χ3v) is 11.2. The second-order valence-corrected chi connectivity index (χ2v) is 14.5. The van der Waals surface area contributed by atoms with Gasteiger partial charge in [0.1, 0.15) is 22.8 Å². The zero-order valence-electron chi connectivity index (χ0n) is 27.6. The van der Waals surface area contributed by atoms with E-state index in [-0.39, 0.29) is 42.6 Å². The maximum Gasteiger partial charge on any atom is 0.387 e. The number of carbonyl (C=O) groups excluding carboxylic acids is 3. The molecule has 17 heteroatoms. The molecule has 270 valence electrons. The van der Waals surface area contributed by atoms with E-state index >= 15 is 4.39 Å². The SMILES string of the molecule is O=C1CCC(N2Cc3cc(N4CCN(Cc5cccc(S(=O)N6CCC(Nc7ncc(OC(F)F)cn7)CC6)c5)CC4)c(F)cc3C2=O)C(=O)N1. The second kappa shape index (κ2) is 14.9. The number of nitrogens with zero attached hydrogens (tertiary/aromatic N) is 6. The Labute approximate surface area is 294 Å². The first-order valence-corrected chi connectivity index (χ1v) is 18.0. The number of piperidine rings is 2. The largest absolute Gasteiger partial charge is 0.432 e. The summed E-state index contributed by atoms with van der Waals surface area (Å²) in [6, 6.07) is 10.0. The Hall–Kier alpha value is -4.61. The number of hydrogen-bond donors (Lipinski definition) is 2. The van der Waals surface area contributed by atoms with Crippen LogP contribution >= 0.6 is 0 Å². The fraction of sp³-hybridized carbons (Fsp3) is 0.441. The predicted octanol–water partition coefficient (Wildman–Crippen LogP) is 2.90. The summed E-state index contributed by atoms with van der Waals surface area (Å²) in [5.74, 6) is -1.54. The summed E-state index contributed by atoms with van der Waals surface area (Å²) in [5.41, 5.74) is 2.36. The molecule has 5 heterocycles. The van der Waals surface area contributed by atoms with Crippen LogP contribution in [0.25, 0.3) is 0 Å². The Morgan fingerprint density at radius 2 is 1.73 bits per heavy atom. The number of amides is 3. The molecule has 13 nitrogen and oxygen atoms in total. The summed E-state index contributed by atoms with van der Waals surface area (Å²) < 4.78 is 59.8. The standard InChI is InChI=1S/C34H37F3N8O5S/c35-27-16-26-22(20-45(32(26)48)28-4-5-30(46)41-31(28)47)15-29(27)43-12-10-42(11-13-43)19-21-2-1-3-25(14-21)51(49)44-8-6-23(7-9-44)40-34-38-17-24(18-39-34)50-33(36)37/h1-3,14-18,23,28,33H,4-13,19-20H2,(H,38,39,40)(H,41,46,47). The molecule has 51 heavy (non-hydrogen) atoms. The van der Waals surface area contributed by atoms with Crippen LogP contribution in [0.1, 0.15) is 47.2 Å². The average Bonchev–Trinajstić information content (AvgIpc) is 3.43. The molecule has 2 unspecified atom stereocenters. The van der Waals surface area contributed by atoms with Gasteiger partial charge in [-0.3, -0.25) is 24.6 Å². The molecular weight excluding hydrogens is 689 g/mol. The van der Waals surface area contributed by atoms with Crippen LogP contribution in [-0.4, -0.2) is 104 Å². The quantitative estimate of drug-likeness (QED) is 0.300. The Morgan fingerprint density at radius 3 is 2.43 bits per heavy atom. The smallest absolute Gasteiger partial charge is 0.387 e. The molecule has 3 amide bonds. The molecule has 3 fully saturated rings. The molecule has 4 aliphatic heterocycles. The first-order valence-electron chi connectivity index (χ1n) is 16.8. The van der Waals surface area contributed by atoms with Crippen molar-refractivity contribution >= 4 is 40.3 Å². The van der Waals surface area contributed by atoms with Gasteiger partial charge in [-0.05, 0) is 54.7 Å². The van der Waals surface area contributed by atoms with Crippen molar-refractivity contribution in [3.63, 3.8) is 0 Å². The zero-order chi connectivity index (χ0) is 35.6. The lowest BCUT2D eigenvalue weighted by Crippen LogP contribution is -2.52. The van der Waals surface area contributed by atoms with Gasteiger partial charge in [0.05, 0.1) is 23.0 Å². The molecule has 3 saturated heterocycles. The van der Waals surface area contributed by atoms with E-state index in [0.29, 0.717) is 75.9 Å². The van der Waals surface area contributed by atoms with Crippen molar-refractivity contribution in [1.29, 1.82) is 0 Å². The highest BCUT2D eigenvalue weighted by Crippen LogP contribution is 2.33. The molecule has 0 saturated carbocycles. The highest BCUT2D eigenvalue weighted by molar-refractivity contribution is 7.82. The molecular formula is C34H37F3N8O5S. The molecule has 0 bridgehead atoms. The highest BCUT2D eigenvalue weighted by atomic mass is 32.2. The van der Waals surface area contributed by atoms with Gasteiger partial charge in [-0.15, -0.1) is 0 Å². The molecule has 2 N–H and O–H groups in total. The number of ether oxygens (including phenoxy) is 1. The first-order chi connectivity index (χ1) is 24.6. The predicted molar refractivity (Wildman–Crippen MR) is 180 cm³/mol. The number of anilines is 2. The minimum atomic E-state index is -2.94. The van der Waals surface area contributed by atoms with Crippen molar-refractivity contribution in [1.82, 2.24) is 29.4 Å². The minimum Gasteiger partial charge on any atom is -0.432 e. The van der Waals surface area contributed by atoms with Gasteiger partial charge >= 0.3 is 6.61 Å². The van der Waals surface area contributed by atoms with Gasteiger partial charge < -0.3 is 19.9 Å². The Balaban J connectivity index is 0.898. The van der Waals surface area contributed by atoms with Crippen molar-refractivity contribution in [3.05, 3.63) is 71.3 Å². The zero-order valence-corrected chi connectivity index (χ0v) is 28.4. The summed E-state index contributed by atoms with van der Waals surface area (Å²) >= 11 is 0. The van der Waals surface area contributed by atoms with Crippen molar-refractivity contribution in [3.8, 4) is 5.75 Å². The number of aromatic nitrogens is 2. The first kappa shape index (κ1) is 34.8.